The van der Waals surface area contributed by atoms with Gasteiger partial charge in [0, 0.05) is 22.0 Å². The minimum absolute atomic E-state index is 0.127. The summed E-state index contributed by atoms with van der Waals surface area (Å²) in [6.45, 7) is 1.94. The number of rotatable bonds is 7. The predicted octanol–water partition coefficient (Wildman–Crippen LogP) is 5.26. The van der Waals surface area contributed by atoms with Gasteiger partial charge in [-0.25, -0.2) is 8.42 Å². The van der Waals surface area contributed by atoms with Crippen LogP contribution in [0.4, 0.5) is 16.6 Å². The Labute approximate surface area is 200 Å². The Kier molecular flexibility index (Phi) is 5.91. The van der Waals surface area contributed by atoms with Crippen LogP contribution in [0, 0.1) is 0 Å². The molecule has 170 valence electrons. The van der Waals surface area contributed by atoms with Gasteiger partial charge in [-0.05, 0) is 30.7 Å². The third kappa shape index (κ3) is 4.45. The Morgan fingerprint density at radius 1 is 0.794 bits per heavy atom. The van der Waals surface area contributed by atoms with Gasteiger partial charge in [-0.15, -0.1) is 20.4 Å². The smallest absolute Gasteiger partial charge is 0.263 e. The highest BCUT2D eigenvalue weighted by Crippen LogP contribution is 2.31. The second-order valence-electron chi connectivity index (χ2n) is 7.42. The first-order valence-corrected chi connectivity index (χ1v) is 12.9. The molecule has 0 amide bonds. The van der Waals surface area contributed by atoms with E-state index in [1.807, 2.05) is 61.5 Å². The first-order valence-electron chi connectivity index (χ1n) is 10.6. The van der Waals surface area contributed by atoms with Gasteiger partial charge in [-0.2, -0.15) is 0 Å². The maximum Gasteiger partial charge on any atom is 0.263 e. The number of aryl methyl sites for hydroxylation is 1. The fourth-order valence-electron chi connectivity index (χ4n) is 3.47. The number of hydrogen-bond acceptors (Lipinski definition) is 8. The summed E-state index contributed by atoms with van der Waals surface area (Å²) in [4.78, 5) is 0.127. The van der Waals surface area contributed by atoms with Crippen molar-refractivity contribution in [1.82, 2.24) is 20.4 Å². The normalized spacial score (nSPS) is 11.4. The fraction of sp³-hybridized carbons (Fsp3) is 0.0833. The molecule has 0 saturated heterocycles. The van der Waals surface area contributed by atoms with E-state index in [0.29, 0.717) is 17.9 Å². The van der Waals surface area contributed by atoms with Gasteiger partial charge in [0.05, 0.1) is 4.90 Å². The van der Waals surface area contributed by atoms with Crippen molar-refractivity contribution in [2.24, 2.45) is 0 Å². The number of aromatic nitrogens is 4. The molecule has 0 aliphatic rings. The standard InChI is InChI=1S/C24H20N6O2S2/c1-2-21-26-29-24(33-21)30-34(31,32)18-14-12-17(13-15-18)25-23-20-11-7-6-10-19(20)22(27-28-23)16-8-4-3-5-9-16/h3-15H,2H2,1H3,(H,25,28)(H,29,30). The molecule has 0 radical (unpaired) electrons. The van der Waals surface area contributed by atoms with Crippen molar-refractivity contribution >= 4 is 48.8 Å². The number of sulfonamides is 1. The van der Waals surface area contributed by atoms with E-state index in [9.17, 15) is 8.42 Å². The molecule has 8 nitrogen and oxygen atoms in total. The van der Waals surface area contributed by atoms with E-state index in [0.717, 1.165) is 27.0 Å². The molecule has 34 heavy (non-hydrogen) atoms. The lowest BCUT2D eigenvalue weighted by molar-refractivity contribution is 0.601. The van der Waals surface area contributed by atoms with Crippen molar-refractivity contribution in [3.8, 4) is 11.3 Å². The number of anilines is 3. The summed E-state index contributed by atoms with van der Waals surface area (Å²) in [5, 5.41) is 22.8. The molecule has 0 fully saturated rings. The summed E-state index contributed by atoms with van der Waals surface area (Å²) in [5.41, 5.74) is 2.48. The van der Waals surface area contributed by atoms with Crippen LogP contribution in [-0.2, 0) is 16.4 Å². The highest BCUT2D eigenvalue weighted by molar-refractivity contribution is 7.93. The maximum absolute atomic E-state index is 12.7. The molecule has 0 aliphatic carbocycles. The van der Waals surface area contributed by atoms with Gasteiger partial charge < -0.3 is 5.32 Å². The maximum atomic E-state index is 12.7. The van der Waals surface area contributed by atoms with E-state index in [1.54, 1.807) is 12.1 Å². The molecule has 0 aliphatic heterocycles. The van der Waals surface area contributed by atoms with Crippen LogP contribution >= 0.6 is 11.3 Å². The monoisotopic (exact) mass is 488 g/mol. The highest BCUT2D eigenvalue weighted by Gasteiger charge is 2.17. The van der Waals surface area contributed by atoms with Gasteiger partial charge in [0.1, 0.15) is 10.7 Å². The van der Waals surface area contributed by atoms with Gasteiger partial charge in [0.15, 0.2) is 5.82 Å². The van der Waals surface area contributed by atoms with Gasteiger partial charge >= 0.3 is 0 Å². The van der Waals surface area contributed by atoms with Crippen LogP contribution in [0.1, 0.15) is 11.9 Å². The summed E-state index contributed by atoms with van der Waals surface area (Å²) in [6.07, 6.45) is 0.698. The zero-order chi connectivity index (χ0) is 23.5. The number of nitrogens with one attached hydrogen (secondary N) is 2. The summed E-state index contributed by atoms with van der Waals surface area (Å²) in [5.74, 6) is 0.588. The third-order valence-corrected chi connectivity index (χ3v) is 7.62. The van der Waals surface area contributed by atoms with Crippen molar-refractivity contribution in [2.45, 2.75) is 18.2 Å². The Morgan fingerprint density at radius 2 is 1.50 bits per heavy atom. The number of nitrogens with zero attached hydrogens (tertiary/aromatic N) is 4. The molecule has 0 atom stereocenters. The summed E-state index contributed by atoms with van der Waals surface area (Å²) in [7, 11) is -3.77. The Balaban J connectivity index is 1.40. The second kappa shape index (κ2) is 9.16. The number of benzene rings is 3. The van der Waals surface area contributed by atoms with Gasteiger partial charge in [-0.1, -0.05) is 72.9 Å². The van der Waals surface area contributed by atoms with E-state index < -0.39 is 10.0 Å². The van der Waals surface area contributed by atoms with E-state index in [-0.39, 0.29) is 10.0 Å². The van der Waals surface area contributed by atoms with Gasteiger partial charge in [-0.3, -0.25) is 4.72 Å². The Morgan fingerprint density at radius 3 is 2.21 bits per heavy atom. The van der Waals surface area contributed by atoms with E-state index >= 15 is 0 Å². The zero-order valence-corrected chi connectivity index (χ0v) is 19.8. The molecule has 0 spiro atoms. The molecule has 2 heterocycles. The lowest BCUT2D eigenvalue weighted by Crippen LogP contribution is -2.12. The van der Waals surface area contributed by atoms with Crippen LogP contribution in [0.3, 0.4) is 0 Å². The fourth-order valence-corrected chi connectivity index (χ4v) is 5.38. The van der Waals surface area contributed by atoms with Crippen LogP contribution in [0.15, 0.2) is 83.8 Å². The number of hydrogen-bond donors (Lipinski definition) is 2. The van der Waals surface area contributed by atoms with E-state index in [2.05, 4.69) is 30.4 Å². The summed E-state index contributed by atoms with van der Waals surface area (Å²) >= 11 is 1.22. The minimum atomic E-state index is -3.77. The van der Waals surface area contributed by atoms with Crippen molar-refractivity contribution < 1.29 is 8.42 Å². The molecule has 5 rings (SSSR count). The van der Waals surface area contributed by atoms with Gasteiger partial charge in [0.2, 0.25) is 5.13 Å². The van der Waals surface area contributed by atoms with Crippen LogP contribution < -0.4 is 10.0 Å². The molecule has 2 N–H and O–H groups in total. The minimum Gasteiger partial charge on any atom is -0.338 e. The zero-order valence-electron chi connectivity index (χ0n) is 18.1. The SMILES string of the molecule is CCc1nnc(NS(=O)(=O)c2ccc(Nc3nnc(-c4ccccc4)c4ccccc34)cc2)s1. The summed E-state index contributed by atoms with van der Waals surface area (Å²) in [6, 6.07) is 24.2. The van der Waals surface area contributed by atoms with Crippen LogP contribution in [-0.4, -0.2) is 28.8 Å². The molecule has 10 heteroatoms. The van der Waals surface area contributed by atoms with Crippen LogP contribution in [0.5, 0.6) is 0 Å². The summed E-state index contributed by atoms with van der Waals surface area (Å²) < 4.78 is 27.9. The largest absolute Gasteiger partial charge is 0.338 e. The van der Waals surface area contributed by atoms with Gasteiger partial charge in [0.25, 0.3) is 10.0 Å². The topological polar surface area (TPSA) is 110 Å². The van der Waals surface area contributed by atoms with Crippen molar-refractivity contribution in [3.05, 3.63) is 83.9 Å². The lowest BCUT2D eigenvalue weighted by Gasteiger charge is -2.12. The first-order chi connectivity index (χ1) is 16.5. The van der Waals surface area contributed by atoms with Crippen LogP contribution in [0.2, 0.25) is 0 Å². The molecule has 0 saturated carbocycles. The predicted molar refractivity (Wildman–Crippen MR) is 135 cm³/mol. The molecular weight excluding hydrogens is 468 g/mol. The molecule has 0 bridgehead atoms. The highest BCUT2D eigenvalue weighted by atomic mass is 32.2. The number of fused-ring (bicyclic) bond motifs is 1. The van der Waals surface area contributed by atoms with E-state index in [4.69, 9.17) is 0 Å². The second-order valence-corrected chi connectivity index (χ2v) is 10.2. The lowest BCUT2D eigenvalue weighted by atomic mass is 10.0. The molecule has 5 aromatic rings. The average Bonchev–Trinajstić information content (AvgIpc) is 3.32. The quantitative estimate of drug-likeness (QED) is 0.322. The average molecular weight is 489 g/mol. The molecule has 3 aromatic carbocycles. The van der Waals surface area contributed by atoms with E-state index in [1.165, 1.54) is 23.5 Å². The van der Waals surface area contributed by atoms with Crippen molar-refractivity contribution in [2.75, 3.05) is 10.0 Å². The van der Waals surface area contributed by atoms with Crippen molar-refractivity contribution in [1.29, 1.82) is 0 Å². The van der Waals surface area contributed by atoms with Crippen LogP contribution in [0.25, 0.3) is 22.0 Å². The third-order valence-electron chi connectivity index (χ3n) is 5.15. The molecule has 0 unspecified atom stereocenters. The Bertz CT molecular complexity index is 1550. The molecule has 2 aromatic heterocycles. The van der Waals surface area contributed by atoms with Crippen molar-refractivity contribution in [3.63, 3.8) is 0 Å². The first kappa shape index (κ1) is 21.9. The Hall–Kier alpha value is -3.89. The molecular formula is C24H20N6O2S2.